The highest BCUT2D eigenvalue weighted by Gasteiger charge is 2.59. The fourth-order valence-corrected chi connectivity index (χ4v) is 3.00. The van der Waals surface area contributed by atoms with E-state index in [1.807, 2.05) is 0 Å². The number of fused-ring (bicyclic) bond motifs is 1. The Bertz CT molecular complexity index is 234. The topological polar surface area (TPSA) is 44.1 Å². The second-order valence-electron chi connectivity index (χ2n) is 4.90. The molecule has 2 N–H and O–H groups in total. The zero-order valence-electron chi connectivity index (χ0n) is 7.85. The van der Waals surface area contributed by atoms with Crippen LogP contribution in [0.2, 0.25) is 0 Å². The van der Waals surface area contributed by atoms with Gasteiger partial charge in [0.25, 0.3) is 0 Å². The van der Waals surface area contributed by atoms with Crippen molar-refractivity contribution in [3.8, 4) is 0 Å². The Morgan fingerprint density at radius 3 is 2.67 bits per heavy atom. The average Bonchev–Trinajstić information content (AvgIpc) is 2.38. The van der Waals surface area contributed by atoms with Gasteiger partial charge in [-0.1, -0.05) is 13.8 Å². The lowest BCUT2D eigenvalue weighted by atomic mass is 9.74. The third kappa shape index (κ3) is 0.717. The largest absolute Gasteiger partial charge is 0.383 e. The van der Waals surface area contributed by atoms with E-state index in [0.717, 1.165) is 25.7 Å². The van der Waals surface area contributed by atoms with Crippen LogP contribution in [0, 0.1) is 16.7 Å². The number of hydrogen-bond acceptors (Lipinski definition) is 2. The zero-order chi connectivity index (χ0) is 8.98. The van der Waals surface area contributed by atoms with Crippen molar-refractivity contribution >= 4 is 5.71 Å². The summed E-state index contributed by atoms with van der Waals surface area (Å²) in [4.78, 5) is 0. The van der Waals surface area contributed by atoms with Crippen LogP contribution in [-0.4, -0.2) is 16.4 Å². The Balaban J connectivity index is 2.42. The van der Waals surface area contributed by atoms with Crippen LogP contribution in [-0.2, 0) is 0 Å². The van der Waals surface area contributed by atoms with E-state index in [2.05, 4.69) is 13.8 Å². The molecule has 2 nitrogen and oxygen atoms in total. The van der Waals surface area contributed by atoms with Crippen molar-refractivity contribution in [3.05, 3.63) is 0 Å². The van der Waals surface area contributed by atoms with Crippen LogP contribution >= 0.6 is 0 Å². The van der Waals surface area contributed by atoms with E-state index in [-0.39, 0.29) is 5.41 Å². The molecule has 0 aromatic heterocycles. The molecule has 0 aliphatic heterocycles. The molecule has 0 spiro atoms. The van der Waals surface area contributed by atoms with Gasteiger partial charge in [-0.15, -0.1) is 0 Å². The number of rotatable bonds is 0. The van der Waals surface area contributed by atoms with Gasteiger partial charge in [-0.25, -0.2) is 0 Å². The molecule has 2 rings (SSSR count). The van der Waals surface area contributed by atoms with E-state index in [1.54, 1.807) is 0 Å². The highest BCUT2D eigenvalue weighted by Crippen LogP contribution is 2.55. The molecule has 0 amide bonds. The summed E-state index contributed by atoms with van der Waals surface area (Å²) in [7, 11) is 0. The summed E-state index contributed by atoms with van der Waals surface area (Å²) in [6.45, 7) is 4.18. The minimum atomic E-state index is -0.757. The van der Waals surface area contributed by atoms with Gasteiger partial charge in [0.2, 0.25) is 0 Å². The van der Waals surface area contributed by atoms with Crippen molar-refractivity contribution in [2.75, 3.05) is 0 Å². The second-order valence-corrected chi connectivity index (χ2v) is 4.90. The zero-order valence-corrected chi connectivity index (χ0v) is 7.85. The van der Waals surface area contributed by atoms with E-state index in [4.69, 9.17) is 5.41 Å². The smallest absolute Gasteiger partial charge is 0.110 e. The maximum Gasteiger partial charge on any atom is 0.110 e. The lowest BCUT2D eigenvalue weighted by molar-refractivity contribution is -0.00320. The van der Waals surface area contributed by atoms with E-state index >= 15 is 0 Å². The van der Waals surface area contributed by atoms with Gasteiger partial charge in [0.15, 0.2) is 0 Å². The van der Waals surface area contributed by atoms with Gasteiger partial charge < -0.3 is 10.5 Å². The molecule has 2 atom stereocenters. The van der Waals surface area contributed by atoms with Crippen molar-refractivity contribution < 1.29 is 5.11 Å². The molecule has 0 heterocycles. The Labute approximate surface area is 73.5 Å². The standard InChI is InChI=1S/C10H17NO/c1-9(2)6-5-7-3-4-8(11)10(7,9)12/h7,11-12H,3-6H2,1-2H3/t7-,10-/m1/s1. The predicted molar refractivity (Wildman–Crippen MR) is 48.4 cm³/mol. The first kappa shape index (κ1) is 8.24. The van der Waals surface area contributed by atoms with Crippen LogP contribution in [0.15, 0.2) is 0 Å². The summed E-state index contributed by atoms with van der Waals surface area (Å²) in [6, 6.07) is 0. The molecule has 2 saturated carbocycles. The van der Waals surface area contributed by atoms with Gasteiger partial charge >= 0.3 is 0 Å². The Kier molecular flexibility index (Phi) is 1.45. The Hall–Kier alpha value is -0.370. The molecule has 0 aromatic rings. The molecule has 2 aliphatic carbocycles. The molecule has 68 valence electrons. The van der Waals surface area contributed by atoms with E-state index in [1.165, 1.54) is 0 Å². The first-order valence-corrected chi connectivity index (χ1v) is 4.79. The molecule has 0 unspecified atom stereocenters. The average molecular weight is 167 g/mol. The molecule has 0 radical (unpaired) electrons. The molecule has 0 aromatic carbocycles. The lowest BCUT2D eigenvalue weighted by Gasteiger charge is -2.36. The van der Waals surface area contributed by atoms with Gasteiger partial charge in [-0.2, -0.15) is 0 Å². The molecular formula is C10H17NO. The minimum Gasteiger partial charge on any atom is -0.383 e. The fraction of sp³-hybridized carbons (Fsp3) is 0.900. The van der Waals surface area contributed by atoms with E-state index in [0.29, 0.717) is 11.6 Å². The first-order chi connectivity index (χ1) is 5.48. The van der Waals surface area contributed by atoms with Gasteiger partial charge in [-0.05, 0) is 37.0 Å². The van der Waals surface area contributed by atoms with Gasteiger partial charge in [0.05, 0.1) is 0 Å². The fourth-order valence-electron chi connectivity index (χ4n) is 3.00. The van der Waals surface area contributed by atoms with Crippen LogP contribution < -0.4 is 0 Å². The molecule has 0 saturated heterocycles. The molecule has 2 aliphatic rings. The summed E-state index contributed by atoms with van der Waals surface area (Å²) >= 11 is 0. The quantitative estimate of drug-likeness (QED) is 0.569. The van der Waals surface area contributed by atoms with E-state index < -0.39 is 5.60 Å². The van der Waals surface area contributed by atoms with Crippen LogP contribution in [0.1, 0.15) is 39.5 Å². The van der Waals surface area contributed by atoms with Crippen molar-refractivity contribution in [1.82, 2.24) is 0 Å². The third-order valence-corrected chi connectivity index (χ3v) is 3.94. The van der Waals surface area contributed by atoms with Crippen molar-refractivity contribution in [2.24, 2.45) is 11.3 Å². The molecule has 2 fully saturated rings. The first-order valence-electron chi connectivity index (χ1n) is 4.79. The summed E-state index contributed by atoms with van der Waals surface area (Å²) in [5.41, 5.74) is -0.242. The summed E-state index contributed by atoms with van der Waals surface area (Å²) < 4.78 is 0. The predicted octanol–water partition coefficient (Wildman–Crippen LogP) is 1.97. The lowest BCUT2D eigenvalue weighted by Crippen LogP contribution is -2.47. The second kappa shape index (κ2) is 2.11. The highest BCUT2D eigenvalue weighted by atomic mass is 16.3. The highest BCUT2D eigenvalue weighted by molar-refractivity contribution is 5.93. The van der Waals surface area contributed by atoms with E-state index in [9.17, 15) is 5.11 Å². The maximum absolute atomic E-state index is 10.4. The number of hydrogen-bond donors (Lipinski definition) is 2. The normalized spacial score (nSPS) is 44.9. The van der Waals surface area contributed by atoms with Crippen LogP contribution in [0.3, 0.4) is 0 Å². The number of nitrogens with one attached hydrogen (secondary N) is 1. The number of aliphatic hydroxyl groups is 1. The van der Waals surface area contributed by atoms with Crippen LogP contribution in [0.5, 0.6) is 0 Å². The summed E-state index contributed by atoms with van der Waals surface area (Å²) in [5.74, 6) is 0.375. The molecule has 2 heteroatoms. The SMILES string of the molecule is CC1(C)CC[C@H]2CCC(=N)[C@]21O. The Morgan fingerprint density at radius 1 is 1.42 bits per heavy atom. The van der Waals surface area contributed by atoms with Crippen molar-refractivity contribution in [3.63, 3.8) is 0 Å². The van der Waals surface area contributed by atoms with Crippen LogP contribution in [0.4, 0.5) is 0 Å². The molecule has 12 heavy (non-hydrogen) atoms. The Morgan fingerprint density at radius 2 is 2.08 bits per heavy atom. The monoisotopic (exact) mass is 167 g/mol. The third-order valence-electron chi connectivity index (χ3n) is 3.94. The molecular weight excluding hydrogens is 150 g/mol. The van der Waals surface area contributed by atoms with Gasteiger partial charge in [-0.3, -0.25) is 0 Å². The van der Waals surface area contributed by atoms with Crippen molar-refractivity contribution in [2.45, 2.75) is 45.1 Å². The van der Waals surface area contributed by atoms with Gasteiger partial charge in [0, 0.05) is 5.71 Å². The van der Waals surface area contributed by atoms with Crippen LogP contribution in [0.25, 0.3) is 0 Å². The summed E-state index contributed by atoms with van der Waals surface area (Å²) in [5, 5.41) is 18.2. The molecule has 0 bridgehead atoms. The maximum atomic E-state index is 10.4. The summed E-state index contributed by atoms with van der Waals surface area (Å²) in [6.07, 6.45) is 4.01. The van der Waals surface area contributed by atoms with Gasteiger partial charge in [0.1, 0.15) is 5.60 Å². The van der Waals surface area contributed by atoms with Crippen molar-refractivity contribution in [1.29, 1.82) is 5.41 Å². The minimum absolute atomic E-state index is 0.0642.